The van der Waals surface area contributed by atoms with Crippen LogP contribution in [-0.2, 0) is 4.79 Å². The Morgan fingerprint density at radius 3 is 2.60 bits per heavy atom. The second-order valence-corrected chi connectivity index (χ2v) is 4.08. The second kappa shape index (κ2) is 6.50. The molecule has 0 aliphatic heterocycles. The Balaban J connectivity index is 3.07. The first-order valence-corrected chi connectivity index (χ1v) is 5.86. The molecule has 8 heteroatoms. The third kappa shape index (κ3) is 3.67. The highest BCUT2D eigenvalue weighted by molar-refractivity contribution is 5.90. The number of rotatable bonds is 6. The van der Waals surface area contributed by atoms with E-state index < -0.39 is 10.9 Å². The van der Waals surface area contributed by atoms with E-state index in [1.165, 1.54) is 24.1 Å². The first-order chi connectivity index (χ1) is 9.36. The van der Waals surface area contributed by atoms with E-state index in [9.17, 15) is 19.7 Å². The van der Waals surface area contributed by atoms with E-state index in [2.05, 4.69) is 5.32 Å². The molecule has 0 radical (unpaired) electrons. The van der Waals surface area contributed by atoms with Gasteiger partial charge in [-0.2, -0.15) is 0 Å². The summed E-state index contributed by atoms with van der Waals surface area (Å²) in [6.07, 6.45) is 0. The van der Waals surface area contributed by atoms with Gasteiger partial charge in [-0.3, -0.25) is 14.9 Å². The average Bonchev–Trinajstić information content (AvgIpc) is 2.37. The molecule has 1 amide bonds. The van der Waals surface area contributed by atoms with Gasteiger partial charge in [-0.1, -0.05) is 0 Å². The van der Waals surface area contributed by atoms with Crippen molar-refractivity contribution in [2.75, 3.05) is 25.0 Å². The largest absolute Gasteiger partial charge is 0.478 e. The summed E-state index contributed by atoms with van der Waals surface area (Å²) in [5, 5.41) is 22.4. The fraction of sp³-hybridized carbons (Fsp3) is 0.333. The molecule has 0 bridgehead atoms. The van der Waals surface area contributed by atoms with Crippen LogP contribution < -0.4 is 10.2 Å². The maximum absolute atomic E-state index is 11.5. The lowest BCUT2D eigenvalue weighted by Crippen LogP contribution is -2.35. The lowest BCUT2D eigenvalue weighted by Gasteiger charge is -2.18. The summed E-state index contributed by atoms with van der Waals surface area (Å²) >= 11 is 0. The van der Waals surface area contributed by atoms with Crippen molar-refractivity contribution >= 4 is 23.3 Å². The minimum Gasteiger partial charge on any atom is -0.478 e. The molecule has 0 aliphatic rings. The third-order valence-electron chi connectivity index (χ3n) is 2.59. The predicted molar refractivity (Wildman–Crippen MR) is 72.0 cm³/mol. The summed E-state index contributed by atoms with van der Waals surface area (Å²) in [5.41, 5.74) is -0.338. The van der Waals surface area contributed by atoms with Crippen molar-refractivity contribution in [1.82, 2.24) is 5.32 Å². The van der Waals surface area contributed by atoms with E-state index in [0.29, 0.717) is 6.54 Å². The van der Waals surface area contributed by atoms with Crippen LogP contribution in [0.1, 0.15) is 17.3 Å². The van der Waals surface area contributed by atoms with E-state index >= 15 is 0 Å². The molecule has 108 valence electrons. The summed E-state index contributed by atoms with van der Waals surface area (Å²) in [6.45, 7) is 2.18. The van der Waals surface area contributed by atoms with Crippen LogP contribution >= 0.6 is 0 Å². The average molecular weight is 281 g/mol. The van der Waals surface area contributed by atoms with E-state index in [-0.39, 0.29) is 29.4 Å². The van der Waals surface area contributed by atoms with Gasteiger partial charge in [0.05, 0.1) is 17.0 Å². The number of nitro benzene ring substituents is 1. The van der Waals surface area contributed by atoms with Crippen LogP contribution in [0.4, 0.5) is 11.4 Å². The maximum atomic E-state index is 11.5. The zero-order valence-electron chi connectivity index (χ0n) is 11.1. The second-order valence-electron chi connectivity index (χ2n) is 4.08. The molecule has 20 heavy (non-hydrogen) atoms. The molecule has 0 fully saturated rings. The normalized spacial score (nSPS) is 9.90. The fourth-order valence-electron chi connectivity index (χ4n) is 1.68. The van der Waals surface area contributed by atoms with Crippen molar-refractivity contribution < 1.29 is 19.6 Å². The Labute approximate surface area is 115 Å². The van der Waals surface area contributed by atoms with E-state index in [4.69, 9.17) is 5.11 Å². The first kappa shape index (κ1) is 15.4. The van der Waals surface area contributed by atoms with Crippen LogP contribution in [0.2, 0.25) is 0 Å². The van der Waals surface area contributed by atoms with Crippen LogP contribution in [-0.4, -0.2) is 42.0 Å². The molecule has 0 aromatic heterocycles. The summed E-state index contributed by atoms with van der Waals surface area (Å²) < 4.78 is 0. The van der Waals surface area contributed by atoms with Crippen molar-refractivity contribution in [2.45, 2.75) is 6.92 Å². The number of anilines is 1. The van der Waals surface area contributed by atoms with Gasteiger partial charge in [-0.25, -0.2) is 4.79 Å². The Morgan fingerprint density at radius 2 is 2.10 bits per heavy atom. The first-order valence-electron chi connectivity index (χ1n) is 5.86. The van der Waals surface area contributed by atoms with Crippen LogP contribution in [0.3, 0.4) is 0 Å². The van der Waals surface area contributed by atoms with Crippen LogP contribution in [0, 0.1) is 10.1 Å². The lowest BCUT2D eigenvalue weighted by atomic mass is 10.1. The molecule has 0 spiro atoms. The summed E-state index contributed by atoms with van der Waals surface area (Å²) in [7, 11) is 1.53. The van der Waals surface area contributed by atoms with Gasteiger partial charge in [0.15, 0.2) is 0 Å². The SMILES string of the molecule is CCNC(=O)CN(C)c1ccc(C(=O)O)cc1[N+](=O)[O-]. The number of carbonyl (C=O) groups excluding carboxylic acids is 1. The Kier molecular flexibility index (Phi) is 5.01. The number of benzene rings is 1. The Bertz CT molecular complexity index is 544. The third-order valence-corrected chi connectivity index (χ3v) is 2.59. The number of nitrogens with one attached hydrogen (secondary N) is 1. The molecule has 0 saturated heterocycles. The highest BCUT2D eigenvalue weighted by Gasteiger charge is 2.21. The number of likely N-dealkylation sites (N-methyl/N-ethyl adjacent to an activating group) is 2. The molecule has 0 atom stereocenters. The molecule has 0 unspecified atom stereocenters. The van der Waals surface area contributed by atoms with Crippen LogP contribution in [0.15, 0.2) is 18.2 Å². The minimum atomic E-state index is -1.24. The molecule has 8 nitrogen and oxygen atoms in total. The Morgan fingerprint density at radius 1 is 1.45 bits per heavy atom. The van der Waals surface area contributed by atoms with Crippen LogP contribution in [0.5, 0.6) is 0 Å². The number of carboxylic acid groups (broad SMARTS) is 1. The molecule has 2 N–H and O–H groups in total. The number of nitro groups is 1. The smallest absolute Gasteiger partial charge is 0.335 e. The van der Waals surface area contributed by atoms with Crippen molar-refractivity contribution in [2.24, 2.45) is 0 Å². The molecular formula is C12H15N3O5. The highest BCUT2D eigenvalue weighted by atomic mass is 16.6. The highest BCUT2D eigenvalue weighted by Crippen LogP contribution is 2.28. The van der Waals surface area contributed by atoms with Crippen molar-refractivity contribution in [3.8, 4) is 0 Å². The molecule has 1 aromatic carbocycles. The molecule has 0 saturated carbocycles. The van der Waals surface area contributed by atoms with Gasteiger partial charge >= 0.3 is 5.97 Å². The van der Waals surface area contributed by atoms with Gasteiger partial charge in [-0.15, -0.1) is 0 Å². The maximum Gasteiger partial charge on any atom is 0.335 e. The number of hydrogen-bond acceptors (Lipinski definition) is 5. The monoisotopic (exact) mass is 281 g/mol. The molecular weight excluding hydrogens is 266 g/mol. The zero-order chi connectivity index (χ0) is 15.3. The summed E-state index contributed by atoms with van der Waals surface area (Å²) in [6, 6.07) is 3.56. The van der Waals surface area contributed by atoms with Crippen molar-refractivity contribution in [1.29, 1.82) is 0 Å². The fourth-order valence-corrected chi connectivity index (χ4v) is 1.68. The number of aromatic carboxylic acids is 1. The van der Waals surface area contributed by atoms with Crippen LogP contribution in [0.25, 0.3) is 0 Å². The quantitative estimate of drug-likeness (QED) is 0.590. The Hall–Kier alpha value is -2.64. The van der Waals surface area contributed by atoms with Gasteiger partial charge in [-0.05, 0) is 19.1 Å². The van der Waals surface area contributed by atoms with Crippen molar-refractivity contribution in [3.05, 3.63) is 33.9 Å². The zero-order valence-corrected chi connectivity index (χ0v) is 11.1. The molecule has 0 heterocycles. The lowest BCUT2D eigenvalue weighted by molar-refractivity contribution is -0.384. The number of carboxylic acids is 1. The van der Waals surface area contributed by atoms with E-state index in [1.54, 1.807) is 6.92 Å². The van der Waals surface area contributed by atoms with Gasteiger partial charge in [0.25, 0.3) is 5.69 Å². The number of carbonyl (C=O) groups is 2. The minimum absolute atomic E-state index is 0.0545. The summed E-state index contributed by atoms with van der Waals surface area (Å²) in [5.74, 6) is -1.52. The molecule has 1 aromatic rings. The van der Waals surface area contributed by atoms with E-state index in [0.717, 1.165) is 6.07 Å². The van der Waals surface area contributed by atoms with Crippen molar-refractivity contribution in [3.63, 3.8) is 0 Å². The predicted octanol–water partition coefficient (Wildman–Crippen LogP) is 0.865. The molecule has 1 rings (SSSR count). The standard InChI is InChI=1S/C12H15N3O5/c1-3-13-11(16)7-14(2)9-5-4-8(12(17)18)6-10(9)15(19)20/h4-6H,3,7H2,1-2H3,(H,13,16)(H,17,18). The topological polar surface area (TPSA) is 113 Å². The van der Waals surface area contributed by atoms with Gasteiger partial charge in [0, 0.05) is 19.7 Å². The molecule has 0 aliphatic carbocycles. The number of amides is 1. The summed E-state index contributed by atoms with van der Waals surface area (Å²) in [4.78, 5) is 34.0. The van der Waals surface area contributed by atoms with Gasteiger partial charge in [0.1, 0.15) is 5.69 Å². The van der Waals surface area contributed by atoms with Gasteiger partial charge in [0.2, 0.25) is 5.91 Å². The van der Waals surface area contributed by atoms with E-state index in [1.807, 2.05) is 0 Å². The number of hydrogen-bond donors (Lipinski definition) is 2. The van der Waals surface area contributed by atoms with Gasteiger partial charge < -0.3 is 15.3 Å². The number of nitrogens with zero attached hydrogens (tertiary/aromatic N) is 2.